The molecule has 0 aromatic carbocycles. The molecule has 1 aromatic rings. The molecule has 0 saturated heterocycles. The van der Waals surface area contributed by atoms with Gasteiger partial charge in [0.25, 0.3) is 0 Å². The average Bonchev–Trinajstić information content (AvgIpc) is 2.04. The van der Waals surface area contributed by atoms with Crippen LogP contribution in [0.5, 0.6) is 0 Å². The van der Waals surface area contributed by atoms with E-state index in [9.17, 15) is 4.79 Å². The first-order valence-electron chi connectivity index (χ1n) is 4.31. The van der Waals surface area contributed by atoms with Crippen molar-refractivity contribution in [3.63, 3.8) is 0 Å². The molecule has 1 atom stereocenters. The number of nitrogens with zero attached hydrogens (tertiary/aromatic N) is 1. The van der Waals surface area contributed by atoms with Crippen molar-refractivity contribution in [1.29, 1.82) is 0 Å². The summed E-state index contributed by atoms with van der Waals surface area (Å²) >= 11 is 0. The van der Waals surface area contributed by atoms with Crippen molar-refractivity contribution in [3.05, 3.63) is 29.6 Å². The third-order valence-corrected chi connectivity index (χ3v) is 1.74. The molecule has 3 nitrogen and oxygen atoms in total. The maximum atomic E-state index is 11.4. The van der Waals surface area contributed by atoms with Crippen molar-refractivity contribution < 1.29 is 4.79 Å². The molecule has 0 fully saturated rings. The number of hydrogen-bond donors (Lipinski definition) is 1. The van der Waals surface area contributed by atoms with Crippen LogP contribution in [0, 0.1) is 6.92 Å². The Morgan fingerprint density at radius 2 is 2.31 bits per heavy atom. The number of pyridine rings is 1. The Hall–Kier alpha value is -1.22. The first kappa shape index (κ1) is 9.86. The normalized spacial score (nSPS) is 12.5. The van der Waals surface area contributed by atoms with Crippen molar-refractivity contribution in [2.24, 2.45) is 5.73 Å². The SMILES string of the molecule is Cc1ccc(C(=O)CC(C)N)cn1. The van der Waals surface area contributed by atoms with E-state index in [1.807, 2.05) is 19.9 Å². The highest BCUT2D eigenvalue weighted by atomic mass is 16.1. The van der Waals surface area contributed by atoms with Gasteiger partial charge in [-0.05, 0) is 26.0 Å². The average molecular weight is 178 g/mol. The predicted molar refractivity (Wildman–Crippen MR) is 51.6 cm³/mol. The van der Waals surface area contributed by atoms with Gasteiger partial charge >= 0.3 is 0 Å². The Kier molecular flexibility index (Phi) is 3.14. The van der Waals surface area contributed by atoms with Crippen LogP contribution in [-0.4, -0.2) is 16.8 Å². The van der Waals surface area contributed by atoms with E-state index in [-0.39, 0.29) is 11.8 Å². The van der Waals surface area contributed by atoms with Crippen LogP contribution in [0.15, 0.2) is 18.3 Å². The van der Waals surface area contributed by atoms with Gasteiger partial charge in [-0.15, -0.1) is 0 Å². The summed E-state index contributed by atoms with van der Waals surface area (Å²) < 4.78 is 0. The molecule has 0 radical (unpaired) electrons. The molecule has 0 spiro atoms. The number of nitrogens with two attached hydrogens (primary N) is 1. The summed E-state index contributed by atoms with van der Waals surface area (Å²) in [7, 11) is 0. The van der Waals surface area contributed by atoms with E-state index in [1.54, 1.807) is 12.3 Å². The number of hydrogen-bond acceptors (Lipinski definition) is 3. The lowest BCUT2D eigenvalue weighted by molar-refractivity contribution is 0.0976. The van der Waals surface area contributed by atoms with Crippen LogP contribution in [0.1, 0.15) is 29.4 Å². The van der Waals surface area contributed by atoms with Gasteiger partial charge < -0.3 is 5.73 Å². The summed E-state index contributed by atoms with van der Waals surface area (Å²) in [6, 6.07) is 3.52. The number of ketones is 1. The second-order valence-corrected chi connectivity index (χ2v) is 3.29. The number of rotatable bonds is 3. The summed E-state index contributed by atoms with van der Waals surface area (Å²) in [5, 5.41) is 0. The van der Waals surface area contributed by atoms with E-state index < -0.39 is 0 Å². The number of carbonyl (C=O) groups excluding carboxylic acids is 1. The maximum absolute atomic E-state index is 11.4. The Morgan fingerprint density at radius 3 is 2.77 bits per heavy atom. The van der Waals surface area contributed by atoms with Crippen molar-refractivity contribution in [2.75, 3.05) is 0 Å². The van der Waals surface area contributed by atoms with Crippen molar-refractivity contribution in [1.82, 2.24) is 4.98 Å². The van der Waals surface area contributed by atoms with Gasteiger partial charge in [-0.1, -0.05) is 0 Å². The Labute approximate surface area is 78.0 Å². The summed E-state index contributed by atoms with van der Waals surface area (Å²) in [4.78, 5) is 15.5. The first-order valence-corrected chi connectivity index (χ1v) is 4.31. The molecule has 1 unspecified atom stereocenters. The second-order valence-electron chi connectivity index (χ2n) is 3.29. The molecule has 0 amide bonds. The number of carbonyl (C=O) groups is 1. The lowest BCUT2D eigenvalue weighted by Gasteiger charge is -2.03. The molecule has 1 heterocycles. The fourth-order valence-electron chi connectivity index (χ4n) is 1.04. The minimum Gasteiger partial charge on any atom is -0.328 e. The van der Waals surface area contributed by atoms with E-state index in [0.29, 0.717) is 12.0 Å². The molecule has 0 aliphatic rings. The van der Waals surface area contributed by atoms with Crippen molar-refractivity contribution in [2.45, 2.75) is 26.3 Å². The van der Waals surface area contributed by atoms with Gasteiger partial charge in [0.1, 0.15) is 0 Å². The Morgan fingerprint density at radius 1 is 1.62 bits per heavy atom. The van der Waals surface area contributed by atoms with Crippen LogP contribution in [0.2, 0.25) is 0 Å². The van der Waals surface area contributed by atoms with Gasteiger partial charge in [-0.2, -0.15) is 0 Å². The van der Waals surface area contributed by atoms with E-state index >= 15 is 0 Å². The molecule has 3 heteroatoms. The number of aryl methyl sites for hydroxylation is 1. The van der Waals surface area contributed by atoms with Gasteiger partial charge in [0.2, 0.25) is 0 Å². The van der Waals surface area contributed by atoms with Crippen molar-refractivity contribution in [3.8, 4) is 0 Å². The van der Waals surface area contributed by atoms with Gasteiger partial charge in [0, 0.05) is 29.9 Å². The quantitative estimate of drug-likeness (QED) is 0.710. The first-order chi connectivity index (χ1) is 6.09. The van der Waals surface area contributed by atoms with E-state index in [1.165, 1.54) is 0 Å². The zero-order valence-electron chi connectivity index (χ0n) is 7.95. The Bertz CT molecular complexity index is 290. The van der Waals surface area contributed by atoms with Crippen LogP contribution in [-0.2, 0) is 0 Å². The van der Waals surface area contributed by atoms with Crippen molar-refractivity contribution >= 4 is 5.78 Å². The molecule has 1 rings (SSSR count). The Balaban J connectivity index is 2.72. The van der Waals surface area contributed by atoms with Crippen LogP contribution >= 0.6 is 0 Å². The third-order valence-electron chi connectivity index (χ3n) is 1.74. The molecule has 70 valence electrons. The van der Waals surface area contributed by atoms with E-state index in [0.717, 1.165) is 5.69 Å². The highest BCUT2D eigenvalue weighted by Crippen LogP contribution is 2.04. The predicted octanol–water partition coefficient (Wildman–Crippen LogP) is 1.31. The largest absolute Gasteiger partial charge is 0.328 e. The summed E-state index contributed by atoms with van der Waals surface area (Å²) in [5.74, 6) is 0.0579. The van der Waals surface area contributed by atoms with Gasteiger partial charge in [0.15, 0.2) is 5.78 Å². The van der Waals surface area contributed by atoms with Crippen LogP contribution < -0.4 is 5.73 Å². The van der Waals surface area contributed by atoms with Crippen LogP contribution in [0.25, 0.3) is 0 Å². The highest BCUT2D eigenvalue weighted by Gasteiger charge is 2.07. The maximum Gasteiger partial charge on any atom is 0.165 e. The highest BCUT2D eigenvalue weighted by molar-refractivity contribution is 5.96. The number of Topliss-reactive ketones (excluding diaryl/α,β-unsaturated/α-hetero) is 1. The molecule has 1 aromatic heterocycles. The molecule has 2 N–H and O–H groups in total. The summed E-state index contributed by atoms with van der Waals surface area (Å²) in [6.07, 6.45) is 1.98. The standard InChI is InChI=1S/C10H14N2O/c1-7(11)5-10(13)9-4-3-8(2)12-6-9/h3-4,6-7H,5,11H2,1-2H3. The molecule has 13 heavy (non-hydrogen) atoms. The minimum absolute atomic E-state index is 0.0579. The zero-order chi connectivity index (χ0) is 9.84. The summed E-state index contributed by atoms with van der Waals surface area (Å²) in [5.41, 5.74) is 7.08. The minimum atomic E-state index is -0.0891. The fourth-order valence-corrected chi connectivity index (χ4v) is 1.04. The molecule has 0 aliphatic heterocycles. The zero-order valence-corrected chi connectivity index (χ0v) is 7.95. The van der Waals surface area contributed by atoms with Crippen LogP contribution in [0.3, 0.4) is 0 Å². The van der Waals surface area contributed by atoms with Gasteiger partial charge in [-0.25, -0.2) is 0 Å². The molecular weight excluding hydrogens is 164 g/mol. The molecule has 0 saturated carbocycles. The monoisotopic (exact) mass is 178 g/mol. The lowest BCUT2D eigenvalue weighted by Crippen LogP contribution is -2.19. The van der Waals surface area contributed by atoms with Gasteiger partial charge in [-0.3, -0.25) is 9.78 Å². The van der Waals surface area contributed by atoms with E-state index in [4.69, 9.17) is 5.73 Å². The van der Waals surface area contributed by atoms with E-state index in [2.05, 4.69) is 4.98 Å². The summed E-state index contributed by atoms with van der Waals surface area (Å²) in [6.45, 7) is 3.71. The lowest BCUT2D eigenvalue weighted by atomic mass is 10.1. The van der Waals surface area contributed by atoms with Crippen LogP contribution in [0.4, 0.5) is 0 Å². The molecule has 0 aliphatic carbocycles. The molecular formula is C10H14N2O. The second kappa shape index (κ2) is 4.14. The molecule has 0 bridgehead atoms. The topological polar surface area (TPSA) is 56.0 Å². The number of aromatic nitrogens is 1. The smallest absolute Gasteiger partial charge is 0.165 e. The van der Waals surface area contributed by atoms with Gasteiger partial charge in [0.05, 0.1) is 0 Å². The fraction of sp³-hybridized carbons (Fsp3) is 0.400. The third kappa shape index (κ3) is 2.95.